The summed E-state index contributed by atoms with van der Waals surface area (Å²) >= 11 is 2.80. The van der Waals surface area contributed by atoms with Crippen molar-refractivity contribution in [2.24, 2.45) is 0 Å². The Hall–Kier alpha value is 1.34. The van der Waals surface area contributed by atoms with Crippen LogP contribution >= 0.6 is 53.6 Å². The van der Waals surface area contributed by atoms with Crippen LogP contribution in [0, 0.1) is 0 Å². The average Bonchev–Trinajstić information content (AvgIpc) is 1.87. The van der Waals surface area contributed by atoms with E-state index in [2.05, 4.69) is 5.71 Å². The van der Waals surface area contributed by atoms with Gasteiger partial charge in [-0.3, -0.25) is 4.57 Å². The molecule has 0 rings (SSSR count). The second-order valence-corrected chi connectivity index (χ2v) is 5.55. The summed E-state index contributed by atoms with van der Waals surface area (Å²) in [5.41, 5.74) is -0.711. The van der Waals surface area contributed by atoms with Gasteiger partial charge in [-0.2, -0.15) is 0 Å². The molecule has 0 spiro atoms. The van der Waals surface area contributed by atoms with Crippen molar-refractivity contribution in [2.75, 3.05) is 6.16 Å². The van der Waals surface area contributed by atoms with Gasteiger partial charge in [0.05, 0.1) is 11.8 Å². The van der Waals surface area contributed by atoms with Crippen LogP contribution in [0.5, 0.6) is 0 Å². The van der Waals surface area contributed by atoms with Crippen LogP contribution in [-0.4, -0.2) is 19.7 Å². The van der Waals surface area contributed by atoms with Gasteiger partial charge < -0.3 is 4.79 Å². The summed E-state index contributed by atoms with van der Waals surface area (Å²) in [5, 5.41) is 0. The van der Waals surface area contributed by atoms with Gasteiger partial charge in [0.2, 0.25) is 0 Å². The second kappa shape index (κ2) is 5.07. The number of halogens is 2. The zero-order valence-electron chi connectivity index (χ0n) is 4.62. The van der Waals surface area contributed by atoms with Crippen LogP contribution in [-0.2, 0) is 15.1 Å². The van der Waals surface area contributed by atoms with Crippen molar-refractivity contribution >= 4 is 67.1 Å². The number of rotatable bonds is 4. The summed E-state index contributed by atoms with van der Waals surface area (Å²) in [4.78, 5) is 10.2. The van der Waals surface area contributed by atoms with Gasteiger partial charge in [-0.1, -0.05) is 0 Å². The standard InChI is InChI=1S/C2H2BI2O4P/c3-2(6)1-10(7,8-4)9-5/h1H2. The Morgan fingerprint density at radius 2 is 1.90 bits per heavy atom. The Labute approximate surface area is 87.7 Å². The largest absolute Gasteiger partial charge is 0.355 e. The van der Waals surface area contributed by atoms with Crippen molar-refractivity contribution in [3.05, 3.63) is 0 Å². The van der Waals surface area contributed by atoms with Crippen LogP contribution in [0.15, 0.2) is 0 Å². The first kappa shape index (κ1) is 11.3. The zero-order valence-corrected chi connectivity index (χ0v) is 9.83. The highest BCUT2D eigenvalue weighted by Crippen LogP contribution is 2.51. The number of carbonyl (C=O) groups is 1. The predicted octanol–water partition coefficient (Wildman–Crippen LogP) is 1.61. The Balaban J connectivity index is 4.07. The lowest BCUT2D eigenvalue weighted by Crippen LogP contribution is -2.04. The predicted molar refractivity (Wildman–Crippen MR) is 53.4 cm³/mol. The Morgan fingerprint density at radius 3 is 2.00 bits per heavy atom. The third-order valence-corrected chi connectivity index (χ3v) is 5.28. The van der Waals surface area contributed by atoms with E-state index in [4.69, 9.17) is 7.85 Å². The molecule has 2 radical (unpaired) electrons. The molecule has 0 aromatic heterocycles. The lowest BCUT2D eigenvalue weighted by molar-refractivity contribution is -0.109. The highest BCUT2D eigenvalue weighted by molar-refractivity contribution is 14.1. The molecule has 10 heavy (non-hydrogen) atoms. The lowest BCUT2D eigenvalue weighted by atomic mass is 10.1. The fourth-order valence-corrected chi connectivity index (χ4v) is 2.99. The molecule has 0 amide bonds. The molecule has 0 heterocycles. The SMILES string of the molecule is [B]C(=O)CP(=O)(OI)OI. The van der Waals surface area contributed by atoms with Gasteiger partial charge in [0.25, 0.3) is 0 Å². The molecule has 8 heteroatoms. The molecule has 0 aliphatic rings. The maximum Gasteiger partial charge on any atom is 0.355 e. The van der Waals surface area contributed by atoms with Gasteiger partial charge in [-0.15, -0.1) is 0 Å². The molecule has 0 saturated heterocycles. The molecule has 0 saturated carbocycles. The monoisotopic (exact) mass is 386 g/mol. The second-order valence-electron chi connectivity index (χ2n) is 1.37. The van der Waals surface area contributed by atoms with Gasteiger partial charge in [0.1, 0.15) is 46.0 Å². The van der Waals surface area contributed by atoms with E-state index in [0.29, 0.717) is 0 Å². The maximum absolute atomic E-state index is 11.0. The molecular weight excluding hydrogens is 384 g/mol. The normalized spacial score (nSPS) is 11.4. The number of hydrogen-bond acceptors (Lipinski definition) is 4. The molecule has 0 aromatic carbocycles. The van der Waals surface area contributed by atoms with Gasteiger partial charge in [0.15, 0.2) is 7.85 Å². The molecule has 0 aliphatic carbocycles. The van der Waals surface area contributed by atoms with Crippen molar-refractivity contribution in [1.82, 2.24) is 0 Å². The summed E-state index contributed by atoms with van der Waals surface area (Å²) in [5.74, 6) is 0. The smallest absolute Gasteiger partial charge is 0.312 e. The molecule has 56 valence electrons. The first-order valence-electron chi connectivity index (χ1n) is 2.02. The summed E-state index contributed by atoms with van der Waals surface area (Å²) in [6.07, 6.45) is -0.390. The molecule has 0 N–H and O–H groups in total. The third kappa shape index (κ3) is 4.27. The zero-order chi connectivity index (χ0) is 8.20. The van der Waals surface area contributed by atoms with Crippen molar-refractivity contribution in [2.45, 2.75) is 0 Å². The van der Waals surface area contributed by atoms with E-state index < -0.39 is 13.3 Å². The minimum Gasteiger partial charge on any atom is -0.312 e. The van der Waals surface area contributed by atoms with Gasteiger partial charge in [-0.05, 0) is 0 Å². The van der Waals surface area contributed by atoms with E-state index in [-0.39, 0.29) is 6.16 Å². The van der Waals surface area contributed by atoms with E-state index >= 15 is 0 Å². The number of carbonyl (C=O) groups excluding carboxylic acids is 1. The topological polar surface area (TPSA) is 52.6 Å². The van der Waals surface area contributed by atoms with Crippen molar-refractivity contribution < 1.29 is 15.1 Å². The molecule has 0 unspecified atom stereocenters. The van der Waals surface area contributed by atoms with E-state index in [1.165, 1.54) is 46.0 Å². The van der Waals surface area contributed by atoms with Crippen LogP contribution in [0.25, 0.3) is 0 Å². The van der Waals surface area contributed by atoms with Crippen LogP contribution in [0.2, 0.25) is 0 Å². The first-order valence-corrected chi connectivity index (χ1v) is 5.51. The Bertz CT molecular complexity index is 165. The van der Waals surface area contributed by atoms with Crippen molar-refractivity contribution in [3.63, 3.8) is 0 Å². The number of hydrogen-bond donors (Lipinski definition) is 0. The minimum absolute atomic E-state index is 0.390. The molecule has 0 aliphatic heterocycles. The Morgan fingerprint density at radius 1 is 1.50 bits per heavy atom. The first-order chi connectivity index (χ1) is 4.54. The van der Waals surface area contributed by atoms with Crippen LogP contribution in [0.4, 0.5) is 0 Å². The van der Waals surface area contributed by atoms with Crippen LogP contribution < -0.4 is 0 Å². The van der Waals surface area contributed by atoms with Crippen molar-refractivity contribution in [1.29, 1.82) is 0 Å². The average molecular weight is 386 g/mol. The molecule has 0 atom stereocenters. The lowest BCUT2D eigenvalue weighted by Gasteiger charge is -2.06. The van der Waals surface area contributed by atoms with E-state index in [1.54, 1.807) is 0 Å². The summed E-state index contributed by atoms with van der Waals surface area (Å²) in [6.45, 7) is 0. The van der Waals surface area contributed by atoms with E-state index in [9.17, 15) is 9.36 Å². The minimum atomic E-state index is -3.24. The molecule has 0 aromatic rings. The van der Waals surface area contributed by atoms with E-state index in [1.807, 2.05) is 0 Å². The van der Waals surface area contributed by atoms with Gasteiger partial charge in [0, 0.05) is 0 Å². The summed E-state index contributed by atoms with van der Waals surface area (Å²) in [6, 6.07) is 0. The van der Waals surface area contributed by atoms with Gasteiger partial charge in [-0.25, -0.2) is 5.71 Å². The fraction of sp³-hybridized carbons (Fsp3) is 0.500. The third-order valence-electron chi connectivity index (χ3n) is 0.560. The highest BCUT2D eigenvalue weighted by atomic mass is 127. The van der Waals surface area contributed by atoms with E-state index in [0.717, 1.165) is 0 Å². The fourth-order valence-electron chi connectivity index (χ4n) is 0.250. The highest BCUT2D eigenvalue weighted by Gasteiger charge is 2.24. The molecule has 0 bridgehead atoms. The summed E-state index contributed by atoms with van der Waals surface area (Å²) < 4.78 is 19.8. The van der Waals surface area contributed by atoms with Crippen LogP contribution in [0.1, 0.15) is 0 Å². The van der Waals surface area contributed by atoms with Gasteiger partial charge >= 0.3 is 7.60 Å². The quantitative estimate of drug-likeness (QED) is 0.419. The van der Waals surface area contributed by atoms with Crippen molar-refractivity contribution in [3.8, 4) is 0 Å². The summed E-state index contributed by atoms with van der Waals surface area (Å²) in [7, 11) is 1.51. The Kier molecular flexibility index (Phi) is 5.76. The molecular formula is C2H2BI2O4P. The maximum atomic E-state index is 11.0. The van der Waals surface area contributed by atoms with Crippen LogP contribution in [0.3, 0.4) is 0 Å². The molecule has 4 nitrogen and oxygen atoms in total. The molecule has 0 fully saturated rings.